The van der Waals surface area contributed by atoms with Gasteiger partial charge in [0.2, 0.25) is 5.91 Å². The number of alkyl halides is 3. The van der Waals surface area contributed by atoms with Gasteiger partial charge in [0.25, 0.3) is 0 Å². The van der Waals surface area contributed by atoms with E-state index in [1.54, 1.807) is 0 Å². The van der Waals surface area contributed by atoms with Gasteiger partial charge < -0.3 is 10.2 Å². The highest BCUT2D eigenvalue weighted by Crippen LogP contribution is 2.44. The average Bonchev–Trinajstić information content (AvgIpc) is 2.96. The number of rotatable bonds is 2. The van der Waals surface area contributed by atoms with Crippen LogP contribution in [0.3, 0.4) is 0 Å². The fraction of sp³-hybridized carbons (Fsp3) is 0.429. The molecule has 112 valence electrons. The van der Waals surface area contributed by atoms with Crippen LogP contribution < -0.4 is 10.2 Å². The summed E-state index contributed by atoms with van der Waals surface area (Å²) in [6.45, 7) is -0.269. The molecule has 0 saturated carbocycles. The predicted octanol–water partition coefficient (Wildman–Crippen LogP) is 2.06. The molecule has 1 unspecified atom stereocenters. The standard InChI is InChI=1S/C14H14F3N3O/c1-20(11-4-2-3-10(7-11)8-18)12(21)13(14(15,16)17)5-6-19-9-13/h2-4,7,19H,5-6,9H2,1H3. The third kappa shape index (κ3) is 2.59. The first kappa shape index (κ1) is 15.3. The van der Waals surface area contributed by atoms with Crippen molar-refractivity contribution in [2.45, 2.75) is 12.6 Å². The van der Waals surface area contributed by atoms with Crippen molar-refractivity contribution < 1.29 is 18.0 Å². The highest BCUT2D eigenvalue weighted by Gasteiger charge is 2.62. The second-order valence-electron chi connectivity index (χ2n) is 5.03. The number of anilines is 1. The van der Waals surface area contributed by atoms with Gasteiger partial charge in [0, 0.05) is 19.3 Å². The summed E-state index contributed by atoms with van der Waals surface area (Å²) in [7, 11) is 1.30. The van der Waals surface area contributed by atoms with Gasteiger partial charge in [0.1, 0.15) is 0 Å². The molecule has 1 atom stereocenters. The van der Waals surface area contributed by atoms with E-state index in [0.29, 0.717) is 0 Å². The van der Waals surface area contributed by atoms with E-state index in [9.17, 15) is 18.0 Å². The molecule has 1 N–H and O–H groups in total. The molecule has 0 radical (unpaired) electrons. The lowest BCUT2D eigenvalue weighted by Gasteiger charge is -2.33. The van der Waals surface area contributed by atoms with Crippen molar-refractivity contribution in [2.75, 3.05) is 25.0 Å². The molecule has 0 bridgehead atoms. The minimum absolute atomic E-state index is 0.150. The number of halogens is 3. The molecule has 0 aromatic heterocycles. The first-order chi connectivity index (χ1) is 9.82. The number of nitriles is 1. The summed E-state index contributed by atoms with van der Waals surface area (Å²) in [5.74, 6) is -1.00. The van der Waals surface area contributed by atoms with Crippen LogP contribution in [0.1, 0.15) is 12.0 Å². The Labute approximate surface area is 120 Å². The zero-order valence-electron chi connectivity index (χ0n) is 11.4. The van der Waals surface area contributed by atoms with Crippen LogP contribution in [0, 0.1) is 16.7 Å². The smallest absolute Gasteiger partial charge is 0.315 e. The van der Waals surface area contributed by atoms with Gasteiger partial charge in [-0.3, -0.25) is 4.79 Å². The van der Waals surface area contributed by atoms with Crippen molar-refractivity contribution in [2.24, 2.45) is 5.41 Å². The Bertz CT molecular complexity index is 586. The molecule has 0 spiro atoms. The van der Waals surface area contributed by atoms with Crippen LogP contribution in [0.15, 0.2) is 24.3 Å². The fourth-order valence-electron chi connectivity index (χ4n) is 2.46. The van der Waals surface area contributed by atoms with Crippen LogP contribution in [0.4, 0.5) is 18.9 Å². The number of nitrogens with zero attached hydrogens (tertiary/aromatic N) is 2. The Kier molecular flexibility index (Phi) is 3.92. The van der Waals surface area contributed by atoms with Gasteiger partial charge in [0.05, 0.1) is 11.6 Å². The maximum absolute atomic E-state index is 13.3. The summed E-state index contributed by atoms with van der Waals surface area (Å²) >= 11 is 0. The molecule has 2 rings (SSSR count). The second-order valence-corrected chi connectivity index (χ2v) is 5.03. The summed E-state index contributed by atoms with van der Waals surface area (Å²) in [6.07, 6.45) is -4.90. The molecule has 1 heterocycles. The van der Waals surface area contributed by atoms with Crippen LogP contribution in [0.2, 0.25) is 0 Å². The minimum Gasteiger partial charge on any atom is -0.315 e. The van der Waals surface area contributed by atoms with E-state index in [-0.39, 0.29) is 24.2 Å². The van der Waals surface area contributed by atoms with E-state index < -0.39 is 24.0 Å². The fourth-order valence-corrected chi connectivity index (χ4v) is 2.46. The van der Waals surface area contributed by atoms with Gasteiger partial charge in [-0.15, -0.1) is 0 Å². The lowest BCUT2D eigenvalue weighted by atomic mass is 9.84. The number of carbonyl (C=O) groups excluding carboxylic acids is 1. The van der Waals surface area contributed by atoms with Crippen molar-refractivity contribution in [1.29, 1.82) is 5.26 Å². The second kappa shape index (κ2) is 5.37. The van der Waals surface area contributed by atoms with Crippen LogP contribution in [0.5, 0.6) is 0 Å². The van der Waals surface area contributed by atoms with E-state index in [4.69, 9.17) is 5.26 Å². The van der Waals surface area contributed by atoms with Gasteiger partial charge in [-0.2, -0.15) is 18.4 Å². The van der Waals surface area contributed by atoms with E-state index >= 15 is 0 Å². The van der Waals surface area contributed by atoms with Crippen molar-refractivity contribution >= 4 is 11.6 Å². The van der Waals surface area contributed by atoms with E-state index in [1.807, 2.05) is 6.07 Å². The number of hydrogen-bond donors (Lipinski definition) is 1. The molecule has 1 saturated heterocycles. The topological polar surface area (TPSA) is 56.1 Å². The lowest BCUT2D eigenvalue weighted by molar-refractivity contribution is -0.214. The molecule has 21 heavy (non-hydrogen) atoms. The highest BCUT2D eigenvalue weighted by atomic mass is 19.4. The number of carbonyl (C=O) groups is 1. The van der Waals surface area contributed by atoms with Crippen molar-refractivity contribution in [3.8, 4) is 6.07 Å². The van der Waals surface area contributed by atoms with Gasteiger partial charge in [0.15, 0.2) is 5.41 Å². The van der Waals surface area contributed by atoms with E-state index in [0.717, 1.165) is 4.90 Å². The van der Waals surface area contributed by atoms with Crippen LogP contribution >= 0.6 is 0 Å². The molecule has 1 amide bonds. The van der Waals surface area contributed by atoms with Gasteiger partial charge >= 0.3 is 6.18 Å². The Hall–Kier alpha value is -2.07. The van der Waals surface area contributed by atoms with Crippen molar-refractivity contribution in [3.63, 3.8) is 0 Å². The van der Waals surface area contributed by atoms with Crippen LogP contribution in [-0.4, -0.2) is 32.2 Å². The molecule has 1 aliphatic rings. The molecule has 4 nitrogen and oxygen atoms in total. The lowest BCUT2D eigenvalue weighted by Crippen LogP contribution is -2.52. The average molecular weight is 297 g/mol. The van der Waals surface area contributed by atoms with E-state index in [1.165, 1.54) is 31.3 Å². The van der Waals surface area contributed by atoms with Crippen molar-refractivity contribution in [3.05, 3.63) is 29.8 Å². The quantitative estimate of drug-likeness (QED) is 0.909. The highest BCUT2D eigenvalue weighted by molar-refractivity contribution is 5.98. The largest absolute Gasteiger partial charge is 0.404 e. The Morgan fingerprint density at radius 3 is 2.71 bits per heavy atom. The molecule has 0 aliphatic carbocycles. The molecule has 1 aromatic rings. The maximum atomic E-state index is 13.3. The van der Waals surface area contributed by atoms with Gasteiger partial charge in [-0.05, 0) is 31.2 Å². The molecular formula is C14H14F3N3O. The molecule has 1 aliphatic heterocycles. The molecule has 7 heteroatoms. The van der Waals surface area contributed by atoms with Crippen molar-refractivity contribution in [1.82, 2.24) is 5.32 Å². The summed E-state index contributed by atoms with van der Waals surface area (Å²) in [6, 6.07) is 7.86. The maximum Gasteiger partial charge on any atom is 0.404 e. The number of hydrogen-bond acceptors (Lipinski definition) is 3. The van der Waals surface area contributed by atoms with E-state index in [2.05, 4.69) is 5.32 Å². The molecule has 1 aromatic carbocycles. The Morgan fingerprint density at radius 1 is 1.48 bits per heavy atom. The zero-order valence-corrected chi connectivity index (χ0v) is 11.4. The summed E-state index contributed by atoms with van der Waals surface area (Å²) in [5, 5.41) is 11.4. The predicted molar refractivity (Wildman–Crippen MR) is 70.5 cm³/mol. The zero-order chi connectivity index (χ0) is 15.7. The monoisotopic (exact) mass is 297 g/mol. The van der Waals surface area contributed by atoms with Gasteiger partial charge in [-0.25, -0.2) is 0 Å². The normalized spacial score (nSPS) is 21.9. The van der Waals surface area contributed by atoms with Gasteiger partial charge in [-0.1, -0.05) is 6.07 Å². The minimum atomic E-state index is -4.62. The SMILES string of the molecule is CN(C(=O)C1(C(F)(F)F)CCNC1)c1cccc(C#N)c1. The summed E-state index contributed by atoms with van der Waals surface area (Å²) in [5.41, 5.74) is -1.84. The molecular weight excluding hydrogens is 283 g/mol. The summed E-state index contributed by atoms with van der Waals surface area (Å²) in [4.78, 5) is 13.4. The number of amides is 1. The first-order valence-electron chi connectivity index (χ1n) is 6.37. The van der Waals surface area contributed by atoms with Crippen LogP contribution in [0.25, 0.3) is 0 Å². The Balaban J connectivity index is 2.35. The number of benzene rings is 1. The number of nitrogens with one attached hydrogen (secondary N) is 1. The summed E-state index contributed by atoms with van der Waals surface area (Å²) < 4.78 is 40.0. The third-order valence-corrected chi connectivity index (χ3v) is 3.77. The molecule has 1 fully saturated rings. The van der Waals surface area contributed by atoms with Crippen LogP contribution in [-0.2, 0) is 4.79 Å². The third-order valence-electron chi connectivity index (χ3n) is 3.77. The Morgan fingerprint density at radius 2 is 2.19 bits per heavy atom. The first-order valence-corrected chi connectivity index (χ1v) is 6.37.